The van der Waals surface area contributed by atoms with Gasteiger partial charge >= 0.3 is 0 Å². The Bertz CT molecular complexity index is 1520. The highest BCUT2D eigenvalue weighted by molar-refractivity contribution is 5.79. The Kier molecular flexibility index (Phi) is 5.33. The number of H-pyrrole nitrogens is 1. The molecule has 7 rings (SSSR count). The van der Waals surface area contributed by atoms with E-state index in [9.17, 15) is 4.79 Å². The SMILES string of the molecule is Cn1cnnc1[C@]1(c2cccc(-n3cc(C4CC4)c4nc(CN5CCOCC5)[nH]c4c3=O)c2)C[C@@H](C)C1. The van der Waals surface area contributed by atoms with Crippen LogP contribution in [0.2, 0.25) is 0 Å². The molecule has 192 valence electrons. The molecule has 2 aliphatic carbocycles. The lowest BCUT2D eigenvalue weighted by molar-refractivity contribution is 0.0332. The number of nitrogens with zero attached hydrogens (tertiary/aromatic N) is 6. The number of aromatic amines is 1. The van der Waals surface area contributed by atoms with Crippen LogP contribution in [0.4, 0.5) is 0 Å². The Hall–Kier alpha value is -3.30. The average Bonchev–Trinajstić information content (AvgIpc) is 3.50. The van der Waals surface area contributed by atoms with Crippen LogP contribution in [-0.4, -0.2) is 60.5 Å². The molecular formula is C28H33N7O2. The van der Waals surface area contributed by atoms with Gasteiger partial charge in [-0.15, -0.1) is 10.2 Å². The zero-order valence-electron chi connectivity index (χ0n) is 21.5. The predicted molar refractivity (Wildman–Crippen MR) is 140 cm³/mol. The summed E-state index contributed by atoms with van der Waals surface area (Å²) in [6.07, 6.45) is 8.15. The van der Waals surface area contributed by atoms with Gasteiger partial charge in [0.15, 0.2) is 0 Å². The summed E-state index contributed by atoms with van der Waals surface area (Å²) in [7, 11) is 2.01. The fourth-order valence-corrected chi connectivity index (χ4v) is 6.44. The minimum Gasteiger partial charge on any atom is -0.379 e. The third-order valence-corrected chi connectivity index (χ3v) is 8.43. The van der Waals surface area contributed by atoms with Crippen LogP contribution in [0.15, 0.2) is 41.6 Å². The molecule has 37 heavy (non-hydrogen) atoms. The number of hydrogen-bond acceptors (Lipinski definition) is 6. The lowest BCUT2D eigenvalue weighted by atomic mass is 9.58. The van der Waals surface area contributed by atoms with Crippen molar-refractivity contribution in [2.24, 2.45) is 13.0 Å². The minimum atomic E-state index is -0.174. The monoisotopic (exact) mass is 499 g/mol. The van der Waals surface area contributed by atoms with Crippen molar-refractivity contribution in [1.29, 1.82) is 0 Å². The van der Waals surface area contributed by atoms with Crippen LogP contribution >= 0.6 is 0 Å². The molecule has 9 heteroatoms. The number of aromatic nitrogens is 6. The zero-order chi connectivity index (χ0) is 25.1. The summed E-state index contributed by atoms with van der Waals surface area (Å²) in [5.41, 5.74) is 4.47. The van der Waals surface area contributed by atoms with Gasteiger partial charge in [0.2, 0.25) is 0 Å². The number of ether oxygens (including phenoxy) is 1. The number of pyridine rings is 1. The van der Waals surface area contributed by atoms with Crippen molar-refractivity contribution in [3.05, 3.63) is 69.9 Å². The van der Waals surface area contributed by atoms with E-state index in [1.54, 1.807) is 6.33 Å². The van der Waals surface area contributed by atoms with Gasteiger partial charge < -0.3 is 14.3 Å². The van der Waals surface area contributed by atoms with E-state index in [-0.39, 0.29) is 11.0 Å². The van der Waals surface area contributed by atoms with E-state index >= 15 is 0 Å². The number of rotatable bonds is 6. The normalized spacial score (nSPS) is 24.4. The molecule has 1 N–H and O–H groups in total. The van der Waals surface area contributed by atoms with Crippen LogP contribution in [0.25, 0.3) is 16.7 Å². The van der Waals surface area contributed by atoms with Crippen LogP contribution in [0.3, 0.4) is 0 Å². The van der Waals surface area contributed by atoms with Gasteiger partial charge in [-0.3, -0.25) is 14.3 Å². The fourth-order valence-electron chi connectivity index (χ4n) is 6.44. The number of fused-ring (bicyclic) bond motifs is 1. The van der Waals surface area contributed by atoms with E-state index < -0.39 is 0 Å². The van der Waals surface area contributed by atoms with Crippen LogP contribution in [0.5, 0.6) is 0 Å². The summed E-state index contributed by atoms with van der Waals surface area (Å²) in [6.45, 7) is 6.24. The first-order valence-corrected chi connectivity index (χ1v) is 13.4. The first-order valence-electron chi connectivity index (χ1n) is 13.4. The van der Waals surface area contributed by atoms with E-state index in [1.807, 2.05) is 28.4 Å². The predicted octanol–water partition coefficient (Wildman–Crippen LogP) is 3.27. The number of nitrogens with one attached hydrogen (secondary N) is 1. The molecule has 0 radical (unpaired) electrons. The second kappa shape index (κ2) is 8.63. The van der Waals surface area contributed by atoms with Gasteiger partial charge in [-0.25, -0.2) is 4.98 Å². The summed E-state index contributed by atoms with van der Waals surface area (Å²) < 4.78 is 9.34. The van der Waals surface area contributed by atoms with Crippen LogP contribution in [0.1, 0.15) is 61.3 Å². The highest BCUT2D eigenvalue weighted by Crippen LogP contribution is 2.51. The topological polar surface area (TPSA) is 93.9 Å². The molecule has 2 saturated carbocycles. The lowest BCUT2D eigenvalue weighted by Crippen LogP contribution is -2.43. The van der Waals surface area contributed by atoms with E-state index in [0.29, 0.717) is 23.9 Å². The van der Waals surface area contributed by atoms with Crippen molar-refractivity contribution < 1.29 is 4.74 Å². The molecule has 0 atom stereocenters. The molecule has 0 amide bonds. The third-order valence-electron chi connectivity index (χ3n) is 8.43. The Labute approximate surface area is 215 Å². The van der Waals surface area contributed by atoms with Gasteiger partial charge in [0.1, 0.15) is 23.5 Å². The highest BCUT2D eigenvalue weighted by Gasteiger charge is 2.48. The molecule has 1 aliphatic heterocycles. The molecule has 3 aliphatic rings. The van der Waals surface area contributed by atoms with Gasteiger partial charge in [-0.05, 0) is 55.2 Å². The molecule has 0 bridgehead atoms. The van der Waals surface area contributed by atoms with Gasteiger partial charge in [0.25, 0.3) is 5.56 Å². The Morgan fingerprint density at radius 3 is 2.70 bits per heavy atom. The number of aryl methyl sites for hydroxylation is 1. The van der Waals surface area contributed by atoms with E-state index in [0.717, 1.165) is 74.8 Å². The molecule has 0 unspecified atom stereocenters. The van der Waals surface area contributed by atoms with E-state index in [4.69, 9.17) is 9.72 Å². The molecule has 3 fully saturated rings. The second-order valence-corrected chi connectivity index (χ2v) is 11.2. The summed E-state index contributed by atoms with van der Waals surface area (Å²) in [4.78, 5) is 24.5. The standard InChI is InChI=1S/C28H33N7O2/c1-18-13-28(14-18,27-32-29-17-33(27)2)20-4-3-5-21(12-20)35-15-22(19-6-7-19)24-25(26(35)36)31-23(30-24)16-34-8-10-37-11-9-34/h3-5,12,15,17-19H,6-11,13-14,16H2,1-2H3,(H,30,31)/t18-,28-. The van der Waals surface area contributed by atoms with Crippen molar-refractivity contribution >= 4 is 11.0 Å². The first kappa shape index (κ1) is 22.9. The maximum atomic E-state index is 13.8. The quantitative estimate of drug-likeness (QED) is 0.438. The van der Waals surface area contributed by atoms with Gasteiger partial charge in [-0.2, -0.15) is 0 Å². The zero-order valence-corrected chi connectivity index (χ0v) is 21.5. The molecular weight excluding hydrogens is 466 g/mol. The Morgan fingerprint density at radius 2 is 2.00 bits per heavy atom. The number of imidazole rings is 1. The average molecular weight is 500 g/mol. The van der Waals surface area contributed by atoms with Crippen LogP contribution in [0, 0.1) is 5.92 Å². The molecule has 4 heterocycles. The third kappa shape index (κ3) is 3.83. The molecule has 0 spiro atoms. The number of hydrogen-bond donors (Lipinski definition) is 1. The summed E-state index contributed by atoms with van der Waals surface area (Å²) >= 11 is 0. The van der Waals surface area contributed by atoms with Gasteiger partial charge in [0, 0.05) is 37.6 Å². The largest absolute Gasteiger partial charge is 0.379 e. The van der Waals surface area contributed by atoms with E-state index in [2.05, 4.69) is 45.2 Å². The highest BCUT2D eigenvalue weighted by atomic mass is 16.5. The van der Waals surface area contributed by atoms with Crippen LogP contribution < -0.4 is 5.56 Å². The van der Waals surface area contributed by atoms with Crippen molar-refractivity contribution in [3.8, 4) is 5.69 Å². The van der Waals surface area contributed by atoms with Crippen molar-refractivity contribution in [3.63, 3.8) is 0 Å². The van der Waals surface area contributed by atoms with Gasteiger partial charge in [-0.1, -0.05) is 19.1 Å². The molecule has 4 aromatic rings. The minimum absolute atomic E-state index is 0.0491. The first-order chi connectivity index (χ1) is 18.0. The summed E-state index contributed by atoms with van der Waals surface area (Å²) in [6, 6.07) is 8.45. The lowest BCUT2D eigenvalue weighted by Gasteiger charge is -2.46. The Balaban J connectivity index is 1.31. The maximum absolute atomic E-state index is 13.8. The van der Waals surface area contributed by atoms with Crippen molar-refractivity contribution in [2.45, 2.75) is 50.5 Å². The summed E-state index contributed by atoms with van der Waals surface area (Å²) in [5.74, 6) is 2.93. The van der Waals surface area contributed by atoms with Crippen LogP contribution in [-0.2, 0) is 23.7 Å². The fraction of sp³-hybridized carbons (Fsp3) is 0.500. The maximum Gasteiger partial charge on any atom is 0.281 e. The molecule has 9 nitrogen and oxygen atoms in total. The Morgan fingerprint density at radius 1 is 1.19 bits per heavy atom. The molecule has 3 aromatic heterocycles. The number of morpholine rings is 1. The molecule has 1 aromatic carbocycles. The molecule has 1 saturated heterocycles. The number of benzene rings is 1. The summed E-state index contributed by atoms with van der Waals surface area (Å²) in [5, 5.41) is 8.66. The smallest absolute Gasteiger partial charge is 0.281 e. The van der Waals surface area contributed by atoms with Crippen molar-refractivity contribution in [1.82, 2.24) is 34.2 Å². The second-order valence-electron chi connectivity index (χ2n) is 11.2. The van der Waals surface area contributed by atoms with Gasteiger partial charge in [0.05, 0.1) is 30.7 Å². The van der Waals surface area contributed by atoms with E-state index in [1.165, 1.54) is 11.1 Å². The van der Waals surface area contributed by atoms with Crippen molar-refractivity contribution in [2.75, 3.05) is 26.3 Å².